The summed E-state index contributed by atoms with van der Waals surface area (Å²) in [5.74, 6) is 0.719. The summed E-state index contributed by atoms with van der Waals surface area (Å²) in [4.78, 5) is 5.11. The van der Waals surface area contributed by atoms with Crippen LogP contribution in [0.1, 0.15) is 38.3 Å². The van der Waals surface area contributed by atoms with Gasteiger partial charge in [0.15, 0.2) is 0 Å². The van der Waals surface area contributed by atoms with Gasteiger partial charge in [0.1, 0.15) is 0 Å². The lowest BCUT2D eigenvalue weighted by Crippen LogP contribution is -2.47. The minimum Gasteiger partial charge on any atom is -0.381 e. The minimum absolute atomic E-state index is 0.543. The van der Waals surface area contributed by atoms with Crippen molar-refractivity contribution in [3.8, 4) is 0 Å². The van der Waals surface area contributed by atoms with E-state index in [4.69, 9.17) is 4.74 Å². The highest BCUT2D eigenvalue weighted by atomic mass is 16.5. The first kappa shape index (κ1) is 17.7. The van der Waals surface area contributed by atoms with Crippen LogP contribution in [0.5, 0.6) is 0 Å². The Morgan fingerprint density at radius 1 is 1.08 bits per heavy atom. The summed E-state index contributed by atoms with van der Waals surface area (Å²) in [5, 5.41) is 3.49. The fourth-order valence-corrected chi connectivity index (χ4v) is 4.24. The maximum Gasteiger partial charge on any atom is 0.0469 e. The van der Waals surface area contributed by atoms with Gasteiger partial charge in [-0.05, 0) is 50.3 Å². The second-order valence-electron chi connectivity index (χ2n) is 6.94. The molecule has 0 amide bonds. The van der Waals surface area contributed by atoms with E-state index < -0.39 is 0 Å². The van der Waals surface area contributed by atoms with Crippen LogP contribution in [0.15, 0.2) is 24.3 Å². The number of nitrogens with zero attached hydrogens (tertiary/aromatic N) is 2. The number of rotatable bonds is 6. The summed E-state index contributed by atoms with van der Waals surface area (Å²) in [7, 11) is 0. The van der Waals surface area contributed by atoms with Crippen LogP contribution < -0.4 is 10.2 Å². The molecule has 1 aromatic rings. The maximum absolute atomic E-state index is 5.62. The lowest BCUT2D eigenvalue weighted by atomic mass is 9.85. The molecule has 1 N–H and O–H groups in total. The van der Waals surface area contributed by atoms with Gasteiger partial charge in [-0.3, -0.25) is 4.90 Å². The van der Waals surface area contributed by atoms with Gasteiger partial charge in [0, 0.05) is 64.2 Å². The summed E-state index contributed by atoms with van der Waals surface area (Å²) in [5.41, 5.74) is 2.83. The maximum atomic E-state index is 5.62. The molecule has 24 heavy (non-hydrogen) atoms. The molecule has 4 nitrogen and oxygen atoms in total. The molecule has 2 aliphatic rings. The zero-order valence-corrected chi connectivity index (χ0v) is 15.3. The molecule has 1 aromatic carbocycles. The van der Waals surface area contributed by atoms with Crippen molar-refractivity contribution in [3.63, 3.8) is 0 Å². The molecule has 0 bridgehead atoms. The Bertz CT molecular complexity index is 456. The topological polar surface area (TPSA) is 27.7 Å². The first-order valence-corrected chi connectivity index (χ1v) is 9.71. The first-order chi connectivity index (χ1) is 11.8. The van der Waals surface area contributed by atoms with Gasteiger partial charge in [0.25, 0.3) is 0 Å². The number of nitrogens with one attached hydrogen (secondary N) is 1. The Hall–Kier alpha value is -1.10. The summed E-state index contributed by atoms with van der Waals surface area (Å²) in [6.45, 7) is 12.9. The van der Waals surface area contributed by atoms with Crippen LogP contribution in [-0.2, 0) is 4.74 Å². The Morgan fingerprint density at radius 2 is 1.71 bits per heavy atom. The average Bonchev–Trinajstić information content (AvgIpc) is 2.66. The van der Waals surface area contributed by atoms with Gasteiger partial charge < -0.3 is 15.0 Å². The molecule has 2 heterocycles. The van der Waals surface area contributed by atoms with Crippen molar-refractivity contribution >= 4 is 5.69 Å². The SMILES string of the molecule is CCN(CC)c1ccc([C@H](C2CCOCC2)N2CCNCC2)cc1. The highest BCUT2D eigenvalue weighted by Crippen LogP contribution is 2.36. The molecule has 2 aliphatic heterocycles. The lowest BCUT2D eigenvalue weighted by Gasteiger charge is -2.41. The summed E-state index contributed by atoms with van der Waals surface area (Å²) in [6.07, 6.45) is 2.37. The predicted octanol–water partition coefficient (Wildman–Crippen LogP) is 2.91. The van der Waals surface area contributed by atoms with Crippen LogP contribution in [0.25, 0.3) is 0 Å². The third kappa shape index (κ3) is 4.11. The van der Waals surface area contributed by atoms with Crippen LogP contribution in [-0.4, -0.2) is 57.4 Å². The van der Waals surface area contributed by atoms with E-state index in [9.17, 15) is 0 Å². The molecular weight excluding hydrogens is 298 g/mol. The molecule has 0 spiro atoms. The number of hydrogen-bond acceptors (Lipinski definition) is 4. The van der Waals surface area contributed by atoms with E-state index in [-0.39, 0.29) is 0 Å². The van der Waals surface area contributed by atoms with Crippen molar-refractivity contribution in [3.05, 3.63) is 29.8 Å². The number of hydrogen-bond donors (Lipinski definition) is 1. The highest BCUT2D eigenvalue weighted by Gasteiger charge is 2.31. The van der Waals surface area contributed by atoms with E-state index in [1.807, 2.05) is 0 Å². The zero-order valence-electron chi connectivity index (χ0n) is 15.3. The second kappa shape index (κ2) is 8.84. The molecule has 3 rings (SSSR count). The van der Waals surface area contributed by atoms with E-state index in [1.54, 1.807) is 0 Å². The smallest absolute Gasteiger partial charge is 0.0469 e. The average molecular weight is 332 g/mol. The molecule has 0 unspecified atom stereocenters. The molecule has 0 saturated carbocycles. The van der Waals surface area contributed by atoms with E-state index >= 15 is 0 Å². The van der Waals surface area contributed by atoms with Gasteiger partial charge in [-0.1, -0.05) is 12.1 Å². The quantitative estimate of drug-likeness (QED) is 0.867. The van der Waals surface area contributed by atoms with Crippen LogP contribution in [0, 0.1) is 5.92 Å². The van der Waals surface area contributed by atoms with Crippen LogP contribution in [0.3, 0.4) is 0 Å². The molecule has 2 saturated heterocycles. The Labute approximate surface area is 147 Å². The number of piperazine rings is 1. The fraction of sp³-hybridized carbons (Fsp3) is 0.700. The van der Waals surface area contributed by atoms with Gasteiger partial charge in [-0.15, -0.1) is 0 Å². The number of benzene rings is 1. The van der Waals surface area contributed by atoms with Crippen molar-refractivity contribution < 1.29 is 4.74 Å². The second-order valence-corrected chi connectivity index (χ2v) is 6.94. The van der Waals surface area contributed by atoms with E-state index in [0.29, 0.717) is 6.04 Å². The summed E-state index contributed by atoms with van der Waals surface area (Å²) >= 11 is 0. The Balaban J connectivity index is 1.81. The number of ether oxygens (including phenoxy) is 1. The molecule has 1 atom stereocenters. The monoisotopic (exact) mass is 331 g/mol. The summed E-state index contributed by atoms with van der Waals surface area (Å²) in [6, 6.07) is 9.92. The Kier molecular flexibility index (Phi) is 6.52. The molecule has 134 valence electrons. The highest BCUT2D eigenvalue weighted by molar-refractivity contribution is 5.48. The van der Waals surface area contributed by atoms with E-state index in [1.165, 1.54) is 24.1 Å². The predicted molar refractivity (Wildman–Crippen MR) is 101 cm³/mol. The number of anilines is 1. The normalized spacial score (nSPS) is 21.6. The van der Waals surface area contributed by atoms with Crippen molar-refractivity contribution in [2.75, 3.05) is 57.4 Å². The van der Waals surface area contributed by atoms with Gasteiger partial charge in [0.05, 0.1) is 0 Å². The van der Waals surface area contributed by atoms with Gasteiger partial charge in [-0.2, -0.15) is 0 Å². The van der Waals surface area contributed by atoms with Crippen molar-refractivity contribution in [2.24, 2.45) is 5.92 Å². The first-order valence-electron chi connectivity index (χ1n) is 9.71. The Morgan fingerprint density at radius 3 is 2.29 bits per heavy atom. The summed E-state index contributed by atoms with van der Waals surface area (Å²) < 4.78 is 5.62. The third-order valence-electron chi connectivity index (χ3n) is 5.62. The molecule has 0 radical (unpaired) electrons. The van der Waals surface area contributed by atoms with Crippen molar-refractivity contribution in [1.29, 1.82) is 0 Å². The zero-order chi connectivity index (χ0) is 16.8. The van der Waals surface area contributed by atoms with E-state index in [2.05, 4.69) is 53.2 Å². The van der Waals surface area contributed by atoms with Crippen LogP contribution in [0.4, 0.5) is 5.69 Å². The van der Waals surface area contributed by atoms with Crippen LogP contribution >= 0.6 is 0 Å². The standard InChI is InChI=1S/C20H33N3O/c1-3-22(4-2)19-7-5-17(6-8-19)20(18-9-15-24-16-10-18)23-13-11-21-12-14-23/h5-8,18,20-21H,3-4,9-16H2,1-2H3/t20-/m1/s1. The minimum atomic E-state index is 0.543. The third-order valence-corrected chi connectivity index (χ3v) is 5.62. The van der Waals surface area contributed by atoms with E-state index in [0.717, 1.165) is 58.4 Å². The van der Waals surface area contributed by atoms with Gasteiger partial charge >= 0.3 is 0 Å². The molecule has 2 fully saturated rings. The van der Waals surface area contributed by atoms with Gasteiger partial charge in [-0.25, -0.2) is 0 Å². The lowest BCUT2D eigenvalue weighted by molar-refractivity contribution is 0.0213. The van der Waals surface area contributed by atoms with Crippen molar-refractivity contribution in [1.82, 2.24) is 10.2 Å². The molecule has 4 heteroatoms. The molecule has 0 aliphatic carbocycles. The molecule has 0 aromatic heterocycles. The van der Waals surface area contributed by atoms with Crippen LogP contribution in [0.2, 0.25) is 0 Å². The van der Waals surface area contributed by atoms with Crippen molar-refractivity contribution in [2.45, 2.75) is 32.7 Å². The molecular formula is C20H33N3O. The largest absolute Gasteiger partial charge is 0.381 e. The van der Waals surface area contributed by atoms with Gasteiger partial charge in [0.2, 0.25) is 0 Å². The fourth-order valence-electron chi connectivity index (χ4n) is 4.24.